The van der Waals surface area contributed by atoms with Crippen LogP contribution in [0.1, 0.15) is 25.2 Å². The average molecular weight is 294 g/mol. The van der Waals surface area contributed by atoms with Crippen molar-refractivity contribution in [2.24, 2.45) is 5.92 Å². The lowest BCUT2D eigenvalue weighted by atomic mass is 10.0. The number of rotatable bonds is 6. The topological polar surface area (TPSA) is 87.7 Å². The molecule has 0 aliphatic carbocycles. The molecule has 0 amide bonds. The summed E-state index contributed by atoms with van der Waals surface area (Å²) >= 11 is 0. The first kappa shape index (κ1) is 14.7. The van der Waals surface area contributed by atoms with Gasteiger partial charge in [-0.2, -0.15) is 5.10 Å². The molecule has 2 rings (SSSR count). The summed E-state index contributed by atoms with van der Waals surface area (Å²) in [7, 11) is -3.52. The van der Waals surface area contributed by atoms with Crippen LogP contribution in [0.15, 0.2) is 35.5 Å². The fraction of sp³-hybridized carbons (Fsp3) is 0.385. The van der Waals surface area contributed by atoms with Crippen LogP contribution in [0.2, 0.25) is 0 Å². The van der Waals surface area contributed by atoms with Crippen LogP contribution in [0.3, 0.4) is 0 Å². The van der Waals surface area contributed by atoms with Gasteiger partial charge in [0.2, 0.25) is 10.0 Å². The SMILES string of the molecule is CC(C)Cc1ccc(S(=O)(=O)NCc2ncn[nH]2)cc1. The molecule has 0 bridgehead atoms. The normalized spacial score (nSPS) is 11.9. The predicted octanol–water partition coefficient (Wildman–Crippen LogP) is 1.48. The van der Waals surface area contributed by atoms with Crippen LogP contribution in [0, 0.1) is 5.92 Å². The van der Waals surface area contributed by atoms with Crippen molar-refractivity contribution in [3.63, 3.8) is 0 Å². The van der Waals surface area contributed by atoms with Crippen LogP contribution >= 0.6 is 0 Å². The second-order valence-electron chi connectivity index (χ2n) is 5.00. The molecule has 0 radical (unpaired) electrons. The maximum absolute atomic E-state index is 12.1. The van der Waals surface area contributed by atoms with Crippen molar-refractivity contribution in [3.05, 3.63) is 42.0 Å². The van der Waals surface area contributed by atoms with Gasteiger partial charge >= 0.3 is 0 Å². The zero-order valence-corrected chi connectivity index (χ0v) is 12.3. The highest BCUT2D eigenvalue weighted by Crippen LogP contribution is 2.13. The zero-order valence-electron chi connectivity index (χ0n) is 11.5. The van der Waals surface area contributed by atoms with Crippen molar-refractivity contribution in [1.82, 2.24) is 19.9 Å². The Labute approximate surface area is 118 Å². The van der Waals surface area contributed by atoms with Crippen molar-refractivity contribution >= 4 is 10.0 Å². The molecule has 7 heteroatoms. The molecule has 0 aliphatic rings. The van der Waals surface area contributed by atoms with Gasteiger partial charge in [0.15, 0.2) is 0 Å². The van der Waals surface area contributed by atoms with Crippen molar-refractivity contribution in [3.8, 4) is 0 Å². The van der Waals surface area contributed by atoms with Crippen LogP contribution in [0.4, 0.5) is 0 Å². The van der Waals surface area contributed by atoms with Crippen LogP contribution in [0.25, 0.3) is 0 Å². The van der Waals surface area contributed by atoms with E-state index in [0.29, 0.717) is 11.7 Å². The van der Waals surface area contributed by atoms with Crippen LogP contribution in [-0.4, -0.2) is 23.6 Å². The Bertz CT molecular complexity index is 634. The van der Waals surface area contributed by atoms with Gasteiger partial charge in [-0.3, -0.25) is 5.10 Å². The Morgan fingerprint density at radius 3 is 2.50 bits per heavy atom. The molecule has 6 nitrogen and oxygen atoms in total. The number of hydrogen-bond donors (Lipinski definition) is 2. The van der Waals surface area contributed by atoms with Gasteiger partial charge in [0.05, 0.1) is 11.4 Å². The average Bonchev–Trinajstić information content (AvgIpc) is 2.89. The standard InChI is InChI=1S/C13H18N4O2S/c1-10(2)7-11-3-5-12(6-4-11)20(18,19)16-8-13-14-9-15-17-13/h3-6,9-10,16H,7-8H2,1-2H3,(H,14,15,17). The quantitative estimate of drug-likeness (QED) is 0.844. The summed E-state index contributed by atoms with van der Waals surface area (Å²) in [5.41, 5.74) is 1.13. The summed E-state index contributed by atoms with van der Waals surface area (Å²) in [6, 6.07) is 6.95. The number of nitrogens with one attached hydrogen (secondary N) is 2. The van der Waals surface area contributed by atoms with E-state index in [4.69, 9.17) is 0 Å². The minimum absolute atomic E-state index is 0.0933. The van der Waals surface area contributed by atoms with E-state index in [1.807, 2.05) is 12.1 Å². The summed E-state index contributed by atoms with van der Waals surface area (Å²) in [5, 5.41) is 6.27. The Balaban J connectivity index is 2.05. The Hall–Kier alpha value is -1.73. The molecule has 0 aliphatic heterocycles. The van der Waals surface area contributed by atoms with E-state index >= 15 is 0 Å². The first-order valence-corrected chi connectivity index (χ1v) is 7.88. The molecule has 1 heterocycles. The van der Waals surface area contributed by atoms with Crippen LogP contribution < -0.4 is 4.72 Å². The Kier molecular flexibility index (Phi) is 4.51. The number of H-pyrrole nitrogens is 1. The molecule has 1 aromatic heterocycles. The number of nitrogens with zero attached hydrogens (tertiary/aromatic N) is 2. The van der Waals surface area contributed by atoms with E-state index in [1.165, 1.54) is 6.33 Å². The maximum Gasteiger partial charge on any atom is 0.240 e. The maximum atomic E-state index is 12.1. The molecule has 0 spiro atoms. The third-order valence-electron chi connectivity index (χ3n) is 2.77. The Morgan fingerprint density at radius 2 is 1.95 bits per heavy atom. The predicted molar refractivity (Wildman–Crippen MR) is 75.4 cm³/mol. The van der Waals surface area contributed by atoms with E-state index in [9.17, 15) is 8.42 Å². The van der Waals surface area contributed by atoms with Gasteiger partial charge in [0.25, 0.3) is 0 Å². The number of aromatic amines is 1. The van der Waals surface area contributed by atoms with Crippen molar-refractivity contribution < 1.29 is 8.42 Å². The lowest BCUT2D eigenvalue weighted by Crippen LogP contribution is -2.23. The lowest BCUT2D eigenvalue weighted by Gasteiger charge is -2.08. The first-order valence-electron chi connectivity index (χ1n) is 6.40. The molecule has 20 heavy (non-hydrogen) atoms. The number of sulfonamides is 1. The molecule has 0 saturated carbocycles. The number of benzene rings is 1. The third kappa shape index (κ3) is 3.88. The smallest absolute Gasteiger partial charge is 0.240 e. The van der Waals surface area contributed by atoms with Crippen molar-refractivity contribution in [1.29, 1.82) is 0 Å². The summed E-state index contributed by atoms with van der Waals surface area (Å²) in [4.78, 5) is 4.12. The van der Waals surface area contributed by atoms with Gasteiger partial charge in [0, 0.05) is 0 Å². The molecule has 2 aromatic rings. The van der Waals surface area contributed by atoms with E-state index in [0.717, 1.165) is 12.0 Å². The van der Waals surface area contributed by atoms with E-state index in [1.54, 1.807) is 12.1 Å². The fourth-order valence-corrected chi connectivity index (χ4v) is 2.83. The van der Waals surface area contributed by atoms with Gasteiger partial charge in [-0.05, 0) is 30.0 Å². The van der Waals surface area contributed by atoms with E-state index in [2.05, 4.69) is 33.8 Å². The van der Waals surface area contributed by atoms with E-state index < -0.39 is 10.0 Å². The van der Waals surface area contributed by atoms with Crippen LogP contribution in [0.5, 0.6) is 0 Å². The first-order chi connectivity index (χ1) is 9.47. The van der Waals surface area contributed by atoms with Gasteiger partial charge < -0.3 is 0 Å². The fourth-order valence-electron chi connectivity index (χ4n) is 1.84. The molecular weight excluding hydrogens is 276 g/mol. The highest BCUT2D eigenvalue weighted by atomic mass is 32.2. The molecule has 108 valence electrons. The summed E-state index contributed by atoms with van der Waals surface area (Å²) in [6.45, 7) is 4.35. The lowest BCUT2D eigenvalue weighted by molar-refractivity contribution is 0.579. The highest BCUT2D eigenvalue weighted by molar-refractivity contribution is 7.89. The molecule has 0 fully saturated rings. The molecule has 0 atom stereocenters. The molecule has 2 N–H and O–H groups in total. The van der Waals surface area contributed by atoms with Gasteiger partial charge in [-0.1, -0.05) is 26.0 Å². The zero-order chi connectivity index (χ0) is 14.6. The highest BCUT2D eigenvalue weighted by Gasteiger charge is 2.14. The van der Waals surface area contributed by atoms with Crippen LogP contribution in [-0.2, 0) is 23.0 Å². The number of aromatic nitrogens is 3. The minimum atomic E-state index is -3.52. The summed E-state index contributed by atoms with van der Waals surface area (Å²) in [6.07, 6.45) is 2.27. The molecular formula is C13H18N4O2S. The second kappa shape index (κ2) is 6.15. The molecule has 0 unspecified atom stereocenters. The summed E-state index contributed by atoms with van der Waals surface area (Å²) < 4.78 is 26.7. The molecule has 1 aromatic carbocycles. The van der Waals surface area contributed by atoms with Crippen molar-refractivity contribution in [2.45, 2.75) is 31.7 Å². The third-order valence-corrected chi connectivity index (χ3v) is 4.19. The number of hydrogen-bond acceptors (Lipinski definition) is 4. The Morgan fingerprint density at radius 1 is 1.25 bits per heavy atom. The molecule has 0 saturated heterocycles. The second-order valence-corrected chi connectivity index (χ2v) is 6.77. The largest absolute Gasteiger partial charge is 0.262 e. The van der Waals surface area contributed by atoms with Gasteiger partial charge in [-0.25, -0.2) is 18.1 Å². The van der Waals surface area contributed by atoms with E-state index in [-0.39, 0.29) is 11.4 Å². The minimum Gasteiger partial charge on any atom is -0.262 e. The van der Waals surface area contributed by atoms with Gasteiger partial charge in [0.1, 0.15) is 12.2 Å². The monoisotopic (exact) mass is 294 g/mol. The van der Waals surface area contributed by atoms with Gasteiger partial charge in [-0.15, -0.1) is 0 Å². The van der Waals surface area contributed by atoms with Crippen molar-refractivity contribution in [2.75, 3.05) is 0 Å². The summed E-state index contributed by atoms with van der Waals surface area (Å²) in [5.74, 6) is 1.02.